The lowest BCUT2D eigenvalue weighted by atomic mass is 10.3. The van der Waals surface area contributed by atoms with Crippen LogP contribution in [0.15, 0.2) is 82.6 Å². The summed E-state index contributed by atoms with van der Waals surface area (Å²) < 4.78 is 40.3. The molecule has 1 atom stereocenters. The van der Waals surface area contributed by atoms with Crippen LogP contribution in [0.4, 0.5) is 23.0 Å². The Kier molecular flexibility index (Phi) is 6.54. The monoisotopic (exact) mass is 496 g/mol. The predicted molar refractivity (Wildman–Crippen MR) is 131 cm³/mol. The summed E-state index contributed by atoms with van der Waals surface area (Å²) in [5.74, 6) is -0.139. The normalized spacial score (nSPS) is 12.2. The third-order valence-electron chi connectivity index (χ3n) is 4.62. The maximum absolute atomic E-state index is 13.1. The second kappa shape index (κ2) is 9.55. The fraction of sp³-hybridized carbons (Fsp3) is 0.0455. The van der Waals surface area contributed by atoms with E-state index in [4.69, 9.17) is 5.14 Å². The molecule has 0 spiro atoms. The maximum atomic E-state index is 13.1. The average molecular weight is 497 g/mol. The van der Waals surface area contributed by atoms with Gasteiger partial charge in [-0.15, -0.1) is 0 Å². The quantitative estimate of drug-likeness (QED) is 0.306. The van der Waals surface area contributed by atoms with Gasteiger partial charge < -0.3 is 10.6 Å². The molecule has 0 aliphatic carbocycles. The first-order chi connectivity index (χ1) is 16.2. The van der Waals surface area contributed by atoms with Crippen LogP contribution < -0.4 is 20.5 Å². The van der Waals surface area contributed by atoms with Crippen LogP contribution in [-0.2, 0) is 25.8 Å². The first-order valence-electron chi connectivity index (χ1n) is 9.92. The van der Waals surface area contributed by atoms with Crippen LogP contribution in [0, 0.1) is 0 Å². The minimum atomic E-state index is -4.04. The topological polar surface area (TPSA) is 156 Å². The number of nitrogens with one attached hydrogen (secondary N) is 3. The van der Waals surface area contributed by atoms with Crippen LogP contribution in [0.2, 0.25) is 0 Å². The van der Waals surface area contributed by atoms with Crippen LogP contribution in [-0.4, -0.2) is 28.5 Å². The molecule has 0 radical (unpaired) electrons. The molecule has 5 N–H and O–H groups in total. The molecule has 1 heterocycles. The number of carbonyl (C=O) groups is 1. The van der Waals surface area contributed by atoms with Crippen molar-refractivity contribution >= 4 is 61.0 Å². The van der Waals surface area contributed by atoms with Crippen molar-refractivity contribution in [3.63, 3.8) is 0 Å². The van der Waals surface area contributed by atoms with Crippen molar-refractivity contribution in [1.29, 1.82) is 0 Å². The highest BCUT2D eigenvalue weighted by Crippen LogP contribution is 2.28. The number of sulfonamides is 1. The van der Waals surface area contributed by atoms with Gasteiger partial charge in [-0.3, -0.25) is 9.52 Å². The largest absolute Gasteiger partial charge is 0.337 e. The Hall–Kier alpha value is -3.87. The molecule has 4 aromatic rings. The summed E-state index contributed by atoms with van der Waals surface area (Å²) >= 11 is 0. The summed E-state index contributed by atoms with van der Waals surface area (Å²) in [4.78, 5) is 20.5. The van der Waals surface area contributed by atoms with Crippen LogP contribution in [0.1, 0.15) is 6.92 Å². The Bertz CT molecular complexity index is 1510. The molecular formula is C22H20N6O4S2. The summed E-state index contributed by atoms with van der Waals surface area (Å²) in [5.41, 5.74) is 2.01. The van der Waals surface area contributed by atoms with Gasteiger partial charge in [0.1, 0.15) is 11.0 Å². The smallest absolute Gasteiger partial charge is 0.263 e. The minimum Gasteiger partial charge on any atom is -0.337 e. The second-order valence-electron chi connectivity index (χ2n) is 7.17. The van der Waals surface area contributed by atoms with Gasteiger partial charge in [-0.1, -0.05) is 18.2 Å². The third-order valence-corrected chi connectivity index (χ3v) is 6.69. The highest BCUT2D eigenvalue weighted by Gasteiger charge is 2.19. The number of hydrogen-bond acceptors (Lipinski definition) is 7. The number of rotatable bonds is 7. The molecule has 0 aliphatic heterocycles. The molecule has 4 rings (SSSR count). The molecule has 1 amide bonds. The number of benzene rings is 3. The number of nitrogens with two attached hydrogens (primary N) is 1. The number of para-hydroxylation sites is 2. The van der Waals surface area contributed by atoms with E-state index in [1.165, 1.54) is 31.2 Å². The van der Waals surface area contributed by atoms with E-state index in [0.717, 1.165) is 0 Å². The van der Waals surface area contributed by atoms with Gasteiger partial charge in [0, 0.05) is 18.3 Å². The lowest BCUT2D eigenvalue weighted by Gasteiger charge is -2.14. The Morgan fingerprint density at radius 3 is 2.15 bits per heavy atom. The molecule has 0 fully saturated rings. The van der Waals surface area contributed by atoms with Crippen molar-refractivity contribution < 1.29 is 17.4 Å². The molecule has 0 saturated carbocycles. The van der Waals surface area contributed by atoms with Crippen molar-refractivity contribution in [2.45, 2.75) is 16.7 Å². The van der Waals surface area contributed by atoms with Gasteiger partial charge in [0.15, 0.2) is 11.6 Å². The van der Waals surface area contributed by atoms with E-state index in [1.807, 2.05) is 0 Å². The van der Waals surface area contributed by atoms with E-state index in [2.05, 4.69) is 25.3 Å². The lowest BCUT2D eigenvalue weighted by molar-refractivity contribution is -0.114. The van der Waals surface area contributed by atoms with E-state index >= 15 is 0 Å². The van der Waals surface area contributed by atoms with Crippen molar-refractivity contribution in [3.05, 3.63) is 72.8 Å². The van der Waals surface area contributed by atoms with E-state index in [-0.39, 0.29) is 22.4 Å². The number of carbonyl (C=O) groups excluding carboxylic acids is 1. The molecule has 174 valence electrons. The van der Waals surface area contributed by atoms with Crippen molar-refractivity contribution in [3.8, 4) is 0 Å². The molecule has 12 heteroatoms. The molecule has 3 aromatic carbocycles. The van der Waals surface area contributed by atoms with Gasteiger partial charge in [-0.25, -0.2) is 27.7 Å². The predicted octanol–water partition coefficient (Wildman–Crippen LogP) is 3.11. The Labute approximate surface area is 198 Å². The number of fused-ring (bicyclic) bond motifs is 1. The van der Waals surface area contributed by atoms with Gasteiger partial charge >= 0.3 is 0 Å². The standard InChI is InChI=1S/C22H20N6O4S2/c1-14(29)24-15-9-11-18(12-10-15)34(31,32)28-22-21(26-19-7-2-3-8-20(19)27-22)25-16-5-4-6-17(13-16)33(23)30/h2-13H,23H2,1H3,(H,24,29)(H,25,26)(H,27,28). The van der Waals surface area contributed by atoms with E-state index in [1.54, 1.807) is 48.5 Å². The zero-order valence-electron chi connectivity index (χ0n) is 17.8. The average Bonchev–Trinajstić information content (AvgIpc) is 2.79. The lowest BCUT2D eigenvalue weighted by Crippen LogP contribution is -2.16. The highest BCUT2D eigenvalue weighted by molar-refractivity contribution is 7.92. The van der Waals surface area contributed by atoms with Gasteiger partial charge in [-0.05, 0) is 54.6 Å². The SMILES string of the molecule is CC(=O)Nc1ccc(S(=O)(=O)Nc2nc3ccccc3nc2Nc2cccc(S(N)=O)c2)cc1. The van der Waals surface area contributed by atoms with Gasteiger partial charge in [-0.2, -0.15) is 0 Å². The van der Waals surface area contributed by atoms with Gasteiger partial charge in [0.2, 0.25) is 5.91 Å². The third kappa shape index (κ3) is 5.36. The van der Waals surface area contributed by atoms with E-state index in [0.29, 0.717) is 27.3 Å². The molecule has 1 unspecified atom stereocenters. The Morgan fingerprint density at radius 1 is 0.882 bits per heavy atom. The number of hydrogen-bond donors (Lipinski definition) is 4. The van der Waals surface area contributed by atoms with Crippen molar-refractivity contribution in [1.82, 2.24) is 9.97 Å². The second-order valence-corrected chi connectivity index (χ2v) is 9.92. The van der Waals surface area contributed by atoms with Crippen LogP contribution >= 0.6 is 0 Å². The molecule has 0 saturated heterocycles. The van der Waals surface area contributed by atoms with E-state index in [9.17, 15) is 17.4 Å². The van der Waals surface area contributed by atoms with Gasteiger partial charge in [0.25, 0.3) is 10.0 Å². The summed E-state index contributed by atoms with van der Waals surface area (Å²) in [6.45, 7) is 1.36. The maximum Gasteiger partial charge on any atom is 0.263 e. The fourth-order valence-corrected chi connectivity index (χ4v) is 4.57. The zero-order chi connectivity index (χ0) is 24.3. The van der Waals surface area contributed by atoms with Crippen LogP contribution in [0.25, 0.3) is 11.0 Å². The highest BCUT2D eigenvalue weighted by atomic mass is 32.2. The summed E-state index contributed by atoms with van der Waals surface area (Å²) in [6.07, 6.45) is 0. The molecular weight excluding hydrogens is 476 g/mol. The summed E-state index contributed by atoms with van der Waals surface area (Å²) in [5, 5.41) is 11.1. The van der Waals surface area contributed by atoms with E-state index < -0.39 is 21.0 Å². The minimum absolute atomic E-state index is 0.0242. The molecule has 0 bridgehead atoms. The Balaban J connectivity index is 1.71. The summed E-state index contributed by atoms with van der Waals surface area (Å²) in [7, 11) is -5.72. The zero-order valence-corrected chi connectivity index (χ0v) is 19.5. The molecule has 1 aromatic heterocycles. The van der Waals surface area contributed by atoms with Crippen molar-refractivity contribution in [2.75, 3.05) is 15.4 Å². The fourth-order valence-electron chi connectivity index (χ4n) is 3.10. The van der Waals surface area contributed by atoms with Crippen LogP contribution in [0.5, 0.6) is 0 Å². The molecule has 10 nitrogen and oxygen atoms in total. The van der Waals surface area contributed by atoms with Gasteiger partial charge in [0.05, 0.1) is 20.8 Å². The first kappa shape index (κ1) is 23.3. The first-order valence-corrected chi connectivity index (χ1v) is 12.6. The number of anilines is 4. The van der Waals surface area contributed by atoms with Crippen LogP contribution in [0.3, 0.4) is 0 Å². The number of amides is 1. The Morgan fingerprint density at radius 2 is 1.53 bits per heavy atom. The molecule has 0 aliphatic rings. The van der Waals surface area contributed by atoms with Crippen molar-refractivity contribution in [2.24, 2.45) is 5.14 Å². The number of aromatic nitrogens is 2. The molecule has 34 heavy (non-hydrogen) atoms. The number of nitrogens with zero attached hydrogens (tertiary/aromatic N) is 2. The summed E-state index contributed by atoms with van der Waals surface area (Å²) in [6, 6.07) is 19.3.